The number of nitrogens with zero attached hydrogens (tertiary/aromatic N) is 2. The standard InChI is InChI=1S/C15H21N3O2/c1-4-15(16,5-2)14-17-13(18-20-14)10-11-8-6-7-9-12(11)19-3/h6-9H,4-5,10,16H2,1-3H3. The predicted molar refractivity (Wildman–Crippen MR) is 76.5 cm³/mol. The second-order valence-electron chi connectivity index (χ2n) is 4.87. The molecule has 20 heavy (non-hydrogen) atoms. The minimum Gasteiger partial charge on any atom is -0.496 e. The van der Waals surface area contributed by atoms with Crippen molar-refractivity contribution in [2.75, 3.05) is 7.11 Å². The van der Waals surface area contributed by atoms with Crippen LogP contribution >= 0.6 is 0 Å². The minimum atomic E-state index is -0.536. The van der Waals surface area contributed by atoms with Crippen molar-refractivity contribution in [3.05, 3.63) is 41.5 Å². The quantitative estimate of drug-likeness (QED) is 0.877. The number of rotatable bonds is 6. The van der Waals surface area contributed by atoms with Crippen molar-refractivity contribution >= 4 is 0 Å². The van der Waals surface area contributed by atoms with Crippen LogP contribution in [-0.4, -0.2) is 17.3 Å². The van der Waals surface area contributed by atoms with Gasteiger partial charge in [-0.25, -0.2) is 0 Å². The number of para-hydroxylation sites is 1. The number of benzene rings is 1. The van der Waals surface area contributed by atoms with Crippen molar-refractivity contribution in [3.63, 3.8) is 0 Å². The summed E-state index contributed by atoms with van der Waals surface area (Å²) in [5.74, 6) is 1.96. The van der Waals surface area contributed by atoms with Crippen LogP contribution in [0.2, 0.25) is 0 Å². The molecule has 0 saturated carbocycles. The van der Waals surface area contributed by atoms with E-state index in [9.17, 15) is 0 Å². The van der Waals surface area contributed by atoms with E-state index >= 15 is 0 Å². The number of nitrogens with two attached hydrogens (primary N) is 1. The molecule has 108 valence electrons. The predicted octanol–water partition coefficient (Wildman–Crippen LogP) is 2.64. The Kier molecular flexibility index (Phi) is 4.39. The molecule has 0 spiro atoms. The van der Waals surface area contributed by atoms with Crippen LogP contribution in [0, 0.1) is 0 Å². The lowest BCUT2D eigenvalue weighted by molar-refractivity contribution is 0.267. The molecular weight excluding hydrogens is 254 g/mol. The molecule has 0 bridgehead atoms. The molecule has 1 aromatic carbocycles. The van der Waals surface area contributed by atoms with E-state index in [-0.39, 0.29) is 0 Å². The molecule has 2 aromatic rings. The lowest BCUT2D eigenvalue weighted by Crippen LogP contribution is -2.35. The largest absolute Gasteiger partial charge is 0.496 e. The van der Waals surface area contributed by atoms with Gasteiger partial charge in [0, 0.05) is 12.0 Å². The van der Waals surface area contributed by atoms with Crippen molar-refractivity contribution in [2.24, 2.45) is 5.73 Å². The summed E-state index contributed by atoms with van der Waals surface area (Å²) >= 11 is 0. The number of hydrogen-bond donors (Lipinski definition) is 1. The summed E-state index contributed by atoms with van der Waals surface area (Å²) in [6.45, 7) is 4.04. The molecular formula is C15H21N3O2. The molecule has 0 aliphatic rings. The molecule has 5 nitrogen and oxygen atoms in total. The van der Waals surface area contributed by atoms with Crippen molar-refractivity contribution < 1.29 is 9.26 Å². The van der Waals surface area contributed by atoms with E-state index in [1.54, 1.807) is 7.11 Å². The Bertz CT molecular complexity index is 562. The van der Waals surface area contributed by atoms with Gasteiger partial charge in [-0.15, -0.1) is 0 Å². The lowest BCUT2D eigenvalue weighted by atomic mass is 9.94. The number of methoxy groups -OCH3 is 1. The first-order valence-corrected chi connectivity index (χ1v) is 6.86. The lowest BCUT2D eigenvalue weighted by Gasteiger charge is -2.20. The number of hydrogen-bond acceptors (Lipinski definition) is 5. The summed E-state index contributed by atoms with van der Waals surface area (Å²) in [5, 5.41) is 4.03. The molecule has 1 aromatic heterocycles. The highest BCUT2D eigenvalue weighted by Crippen LogP contribution is 2.25. The SMILES string of the molecule is CCC(N)(CC)c1nc(Cc2ccccc2OC)no1. The highest BCUT2D eigenvalue weighted by molar-refractivity contribution is 5.35. The number of ether oxygens (including phenoxy) is 1. The fraction of sp³-hybridized carbons (Fsp3) is 0.467. The van der Waals surface area contributed by atoms with Crippen LogP contribution in [0.5, 0.6) is 5.75 Å². The molecule has 1 heterocycles. The molecule has 0 saturated heterocycles. The molecule has 2 N–H and O–H groups in total. The van der Waals surface area contributed by atoms with Crippen molar-refractivity contribution in [1.82, 2.24) is 10.1 Å². The third-order valence-corrected chi connectivity index (χ3v) is 3.70. The topological polar surface area (TPSA) is 74.2 Å². The van der Waals surface area contributed by atoms with Gasteiger partial charge in [0.05, 0.1) is 12.6 Å². The van der Waals surface area contributed by atoms with Crippen molar-refractivity contribution in [1.29, 1.82) is 0 Å². The Balaban J connectivity index is 2.22. The summed E-state index contributed by atoms with van der Waals surface area (Å²) in [4.78, 5) is 4.44. The Hall–Kier alpha value is -1.88. The molecule has 0 unspecified atom stereocenters. The monoisotopic (exact) mass is 275 g/mol. The second kappa shape index (κ2) is 6.05. The first-order valence-electron chi connectivity index (χ1n) is 6.86. The smallest absolute Gasteiger partial charge is 0.246 e. The van der Waals surface area contributed by atoms with Gasteiger partial charge in [-0.3, -0.25) is 0 Å². The van der Waals surface area contributed by atoms with Crippen LogP contribution in [0.4, 0.5) is 0 Å². The molecule has 0 atom stereocenters. The zero-order valence-electron chi connectivity index (χ0n) is 12.2. The first kappa shape index (κ1) is 14.5. The van der Waals surface area contributed by atoms with Crippen molar-refractivity contribution in [2.45, 2.75) is 38.6 Å². The molecule has 5 heteroatoms. The molecule has 2 rings (SSSR count). The van der Waals surface area contributed by atoms with E-state index in [4.69, 9.17) is 15.0 Å². The maximum Gasteiger partial charge on any atom is 0.246 e. The van der Waals surface area contributed by atoms with E-state index < -0.39 is 5.54 Å². The Labute approximate surface area is 119 Å². The normalized spacial score (nSPS) is 11.6. The average Bonchev–Trinajstić information content (AvgIpc) is 2.96. The maximum atomic E-state index is 6.26. The number of aromatic nitrogens is 2. The zero-order valence-corrected chi connectivity index (χ0v) is 12.2. The molecule has 0 amide bonds. The fourth-order valence-corrected chi connectivity index (χ4v) is 2.10. The molecule has 0 aliphatic heterocycles. The van der Waals surface area contributed by atoms with E-state index in [2.05, 4.69) is 10.1 Å². The fourth-order valence-electron chi connectivity index (χ4n) is 2.10. The molecule has 0 radical (unpaired) electrons. The van der Waals surface area contributed by atoms with Crippen LogP contribution in [0.15, 0.2) is 28.8 Å². The van der Waals surface area contributed by atoms with Gasteiger partial charge < -0.3 is 15.0 Å². The van der Waals surface area contributed by atoms with Crippen LogP contribution < -0.4 is 10.5 Å². The summed E-state index contributed by atoms with van der Waals surface area (Å²) in [6, 6.07) is 7.80. The Morgan fingerprint density at radius 3 is 2.60 bits per heavy atom. The summed E-state index contributed by atoms with van der Waals surface area (Å²) < 4.78 is 10.7. The summed E-state index contributed by atoms with van der Waals surface area (Å²) in [5.41, 5.74) is 6.75. The maximum absolute atomic E-state index is 6.26. The molecule has 0 fully saturated rings. The van der Waals surface area contributed by atoms with Gasteiger partial charge in [-0.05, 0) is 18.9 Å². The third-order valence-electron chi connectivity index (χ3n) is 3.70. The Morgan fingerprint density at radius 1 is 1.25 bits per heavy atom. The van der Waals surface area contributed by atoms with E-state index in [1.165, 1.54) is 0 Å². The van der Waals surface area contributed by atoms with Gasteiger partial charge in [0.25, 0.3) is 0 Å². The highest BCUT2D eigenvalue weighted by Gasteiger charge is 2.29. The van der Waals surface area contributed by atoms with E-state index in [0.717, 1.165) is 24.2 Å². The van der Waals surface area contributed by atoms with Crippen LogP contribution in [0.25, 0.3) is 0 Å². The van der Waals surface area contributed by atoms with Gasteiger partial charge in [-0.1, -0.05) is 37.2 Å². The average molecular weight is 275 g/mol. The zero-order chi connectivity index (χ0) is 14.6. The van der Waals surface area contributed by atoms with Crippen LogP contribution in [0.1, 0.15) is 44.0 Å². The van der Waals surface area contributed by atoms with Gasteiger partial charge in [0.1, 0.15) is 5.75 Å². The second-order valence-corrected chi connectivity index (χ2v) is 4.87. The Morgan fingerprint density at radius 2 is 1.95 bits per heavy atom. The van der Waals surface area contributed by atoms with Crippen LogP contribution in [0.3, 0.4) is 0 Å². The highest BCUT2D eigenvalue weighted by atomic mass is 16.5. The minimum absolute atomic E-state index is 0.507. The summed E-state index contributed by atoms with van der Waals surface area (Å²) in [6.07, 6.45) is 2.09. The van der Waals surface area contributed by atoms with Gasteiger partial charge in [-0.2, -0.15) is 4.98 Å². The van der Waals surface area contributed by atoms with Gasteiger partial charge >= 0.3 is 0 Å². The first-order chi connectivity index (χ1) is 9.62. The third kappa shape index (κ3) is 2.82. The van der Waals surface area contributed by atoms with Gasteiger partial charge in [0.15, 0.2) is 5.82 Å². The molecule has 0 aliphatic carbocycles. The van der Waals surface area contributed by atoms with Gasteiger partial charge in [0.2, 0.25) is 5.89 Å². The summed E-state index contributed by atoms with van der Waals surface area (Å²) in [7, 11) is 1.65. The van der Waals surface area contributed by atoms with E-state index in [1.807, 2.05) is 38.1 Å². The van der Waals surface area contributed by atoms with E-state index in [0.29, 0.717) is 18.1 Å². The van der Waals surface area contributed by atoms with Crippen LogP contribution in [-0.2, 0) is 12.0 Å². The van der Waals surface area contributed by atoms with Crippen molar-refractivity contribution in [3.8, 4) is 5.75 Å².